The Morgan fingerprint density at radius 1 is 1.24 bits per heavy atom. The normalized spacial score (nSPS) is 12.5. The largest absolute Gasteiger partial charge is 0.479 e. The van der Waals surface area contributed by atoms with E-state index in [1.165, 1.54) is 0 Å². The lowest BCUT2D eigenvalue weighted by Crippen LogP contribution is -2.40. The molecule has 1 aromatic rings. The first-order valence-corrected chi connectivity index (χ1v) is 6.63. The zero-order chi connectivity index (χ0) is 15.9. The molecule has 0 radical (unpaired) electrons. The van der Waals surface area contributed by atoms with Crippen molar-refractivity contribution in [2.75, 3.05) is 6.54 Å². The van der Waals surface area contributed by atoms with Gasteiger partial charge in [0.25, 0.3) is 0 Å². The van der Waals surface area contributed by atoms with Crippen molar-refractivity contribution in [3.63, 3.8) is 0 Å². The van der Waals surface area contributed by atoms with Gasteiger partial charge in [-0.15, -0.1) is 0 Å². The third kappa shape index (κ3) is 7.31. The molecule has 0 saturated heterocycles. The van der Waals surface area contributed by atoms with Gasteiger partial charge in [-0.2, -0.15) is 0 Å². The molecule has 0 aliphatic carbocycles. The molecule has 0 fully saturated rings. The van der Waals surface area contributed by atoms with Gasteiger partial charge in [-0.3, -0.25) is 0 Å². The van der Waals surface area contributed by atoms with Gasteiger partial charge in [0.1, 0.15) is 5.60 Å². The summed E-state index contributed by atoms with van der Waals surface area (Å²) in [6.45, 7) is 5.19. The Kier molecular flexibility index (Phi) is 6.17. The molecule has 1 amide bonds. The Bertz CT molecular complexity index is 467. The maximum Gasteiger partial charge on any atom is 0.407 e. The zero-order valence-electron chi connectivity index (χ0n) is 12.5. The number of carboxylic acid groups (broad SMARTS) is 1. The van der Waals surface area contributed by atoms with Crippen LogP contribution in [0.3, 0.4) is 0 Å². The summed E-state index contributed by atoms with van der Waals surface area (Å²) in [6.07, 6.45) is -1.80. The van der Waals surface area contributed by atoms with Gasteiger partial charge < -0.3 is 19.9 Å². The molecule has 0 aromatic heterocycles. The number of amides is 1. The van der Waals surface area contributed by atoms with E-state index in [4.69, 9.17) is 14.6 Å². The number of carboxylic acids is 1. The molecule has 0 aliphatic rings. The molecule has 1 atom stereocenters. The summed E-state index contributed by atoms with van der Waals surface area (Å²) in [5.74, 6) is -1.14. The predicted octanol–water partition coefficient (Wildman–Crippen LogP) is 2.18. The summed E-state index contributed by atoms with van der Waals surface area (Å²) in [7, 11) is 0. The van der Waals surface area contributed by atoms with Crippen LogP contribution in [-0.2, 0) is 20.9 Å². The van der Waals surface area contributed by atoms with Crippen LogP contribution in [0.4, 0.5) is 4.79 Å². The fourth-order valence-electron chi connectivity index (χ4n) is 1.48. The number of rotatable bonds is 6. The van der Waals surface area contributed by atoms with Crippen LogP contribution in [0.15, 0.2) is 30.3 Å². The van der Waals surface area contributed by atoms with Crippen LogP contribution in [0.5, 0.6) is 0 Å². The van der Waals surface area contributed by atoms with E-state index >= 15 is 0 Å². The van der Waals surface area contributed by atoms with Crippen LogP contribution in [0.2, 0.25) is 0 Å². The molecule has 6 heteroatoms. The van der Waals surface area contributed by atoms with Gasteiger partial charge in [0.2, 0.25) is 0 Å². The monoisotopic (exact) mass is 295 g/mol. The summed E-state index contributed by atoms with van der Waals surface area (Å²) in [4.78, 5) is 22.6. The summed E-state index contributed by atoms with van der Waals surface area (Å²) in [5.41, 5.74) is 0.231. The molecule has 6 nitrogen and oxygen atoms in total. The van der Waals surface area contributed by atoms with Gasteiger partial charge in [-0.05, 0) is 26.3 Å². The third-order valence-corrected chi connectivity index (χ3v) is 2.40. The number of nitrogens with one attached hydrogen (secondary N) is 1. The first-order chi connectivity index (χ1) is 9.78. The van der Waals surface area contributed by atoms with Crippen LogP contribution in [-0.4, -0.2) is 35.4 Å². The minimum atomic E-state index is -1.14. The second kappa shape index (κ2) is 7.64. The molecule has 0 bridgehead atoms. The lowest BCUT2D eigenvalue weighted by molar-refractivity contribution is -0.150. The molecule has 2 N–H and O–H groups in total. The fraction of sp³-hybridized carbons (Fsp3) is 0.467. The van der Waals surface area contributed by atoms with Crippen molar-refractivity contribution in [2.45, 2.75) is 39.1 Å². The van der Waals surface area contributed by atoms with Crippen molar-refractivity contribution in [2.24, 2.45) is 0 Å². The van der Waals surface area contributed by atoms with Crippen LogP contribution in [0.25, 0.3) is 0 Å². The van der Waals surface area contributed by atoms with Gasteiger partial charge in [-0.1, -0.05) is 30.3 Å². The molecule has 0 unspecified atom stereocenters. The highest BCUT2D eigenvalue weighted by Crippen LogP contribution is 2.07. The van der Waals surface area contributed by atoms with E-state index in [1.54, 1.807) is 20.8 Å². The number of hydrogen-bond acceptors (Lipinski definition) is 4. The fourth-order valence-corrected chi connectivity index (χ4v) is 1.48. The molecule has 21 heavy (non-hydrogen) atoms. The van der Waals surface area contributed by atoms with Crippen LogP contribution in [0, 0.1) is 0 Å². The number of carbonyl (C=O) groups is 2. The molecule has 0 spiro atoms. The van der Waals surface area contributed by atoms with Gasteiger partial charge in [0.15, 0.2) is 6.10 Å². The first-order valence-electron chi connectivity index (χ1n) is 6.63. The van der Waals surface area contributed by atoms with E-state index in [0.29, 0.717) is 0 Å². The minimum Gasteiger partial charge on any atom is -0.479 e. The summed E-state index contributed by atoms with van der Waals surface area (Å²) >= 11 is 0. The van der Waals surface area contributed by atoms with Crippen molar-refractivity contribution in [1.82, 2.24) is 5.32 Å². The van der Waals surface area contributed by atoms with E-state index < -0.39 is 23.8 Å². The number of aliphatic carboxylic acids is 1. The number of benzene rings is 1. The lowest BCUT2D eigenvalue weighted by Gasteiger charge is -2.21. The molecule has 0 saturated carbocycles. The molecular weight excluding hydrogens is 274 g/mol. The van der Waals surface area contributed by atoms with E-state index in [-0.39, 0.29) is 13.2 Å². The van der Waals surface area contributed by atoms with Crippen molar-refractivity contribution < 1.29 is 24.2 Å². The first kappa shape index (κ1) is 17.0. The number of carbonyl (C=O) groups excluding carboxylic acids is 1. The Morgan fingerprint density at radius 3 is 2.38 bits per heavy atom. The van der Waals surface area contributed by atoms with E-state index in [1.807, 2.05) is 30.3 Å². The number of ether oxygens (including phenoxy) is 2. The quantitative estimate of drug-likeness (QED) is 0.840. The maximum atomic E-state index is 11.5. The standard InChI is InChI=1S/C15H21NO5/c1-15(2,3)21-14(19)16-9-12(13(17)18)20-10-11-7-5-4-6-8-11/h4-8,12H,9-10H2,1-3H3,(H,16,19)(H,17,18)/t12-/m0/s1. The highest BCUT2D eigenvalue weighted by Gasteiger charge is 2.21. The van der Waals surface area contributed by atoms with Gasteiger partial charge in [-0.25, -0.2) is 9.59 Å². The molecule has 0 aliphatic heterocycles. The van der Waals surface area contributed by atoms with Crippen molar-refractivity contribution >= 4 is 12.1 Å². The van der Waals surface area contributed by atoms with E-state index in [0.717, 1.165) is 5.56 Å². The highest BCUT2D eigenvalue weighted by atomic mass is 16.6. The predicted molar refractivity (Wildman–Crippen MR) is 76.9 cm³/mol. The molecule has 1 rings (SSSR count). The smallest absolute Gasteiger partial charge is 0.407 e. The maximum absolute atomic E-state index is 11.5. The summed E-state index contributed by atoms with van der Waals surface area (Å²) in [5, 5.41) is 11.5. The average molecular weight is 295 g/mol. The van der Waals surface area contributed by atoms with Crippen LogP contribution < -0.4 is 5.32 Å². The van der Waals surface area contributed by atoms with Crippen LogP contribution >= 0.6 is 0 Å². The zero-order valence-corrected chi connectivity index (χ0v) is 12.5. The molecule has 1 aromatic carbocycles. The number of alkyl carbamates (subject to hydrolysis) is 1. The summed E-state index contributed by atoms with van der Waals surface area (Å²) < 4.78 is 10.3. The van der Waals surface area contributed by atoms with Crippen molar-refractivity contribution in [1.29, 1.82) is 0 Å². The third-order valence-electron chi connectivity index (χ3n) is 2.40. The van der Waals surface area contributed by atoms with Crippen molar-refractivity contribution in [3.05, 3.63) is 35.9 Å². The SMILES string of the molecule is CC(C)(C)OC(=O)NC[C@H](OCc1ccccc1)C(=O)O. The molecular formula is C15H21NO5. The van der Waals surface area contributed by atoms with Gasteiger partial charge in [0, 0.05) is 0 Å². The second-order valence-electron chi connectivity index (χ2n) is 5.51. The highest BCUT2D eigenvalue weighted by molar-refractivity contribution is 5.74. The van der Waals surface area contributed by atoms with E-state index in [9.17, 15) is 9.59 Å². The topological polar surface area (TPSA) is 84.9 Å². The number of hydrogen-bond donors (Lipinski definition) is 2. The molecule has 116 valence electrons. The minimum absolute atomic E-state index is 0.156. The Balaban J connectivity index is 2.44. The second-order valence-corrected chi connectivity index (χ2v) is 5.51. The molecule has 0 heterocycles. The Hall–Kier alpha value is -2.08. The van der Waals surface area contributed by atoms with Gasteiger partial charge in [0.05, 0.1) is 13.2 Å². The van der Waals surface area contributed by atoms with Crippen LogP contribution in [0.1, 0.15) is 26.3 Å². The summed E-state index contributed by atoms with van der Waals surface area (Å²) in [6, 6.07) is 9.21. The van der Waals surface area contributed by atoms with Crippen molar-refractivity contribution in [3.8, 4) is 0 Å². The Labute approximate surface area is 124 Å². The Morgan fingerprint density at radius 2 is 1.86 bits per heavy atom. The average Bonchev–Trinajstić information content (AvgIpc) is 2.37. The lowest BCUT2D eigenvalue weighted by atomic mass is 10.2. The van der Waals surface area contributed by atoms with Gasteiger partial charge >= 0.3 is 12.1 Å². The van der Waals surface area contributed by atoms with E-state index in [2.05, 4.69) is 5.32 Å².